The highest BCUT2D eigenvalue weighted by Crippen LogP contribution is 2.17. The largest absolute Gasteiger partial charge is 0.468 e. The van der Waals surface area contributed by atoms with E-state index < -0.39 is 0 Å². The molecule has 1 unspecified atom stereocenters. The maximum absolute atomic E-state index is 11.4. The van der Waals surface area contributed by atoms with Crippen LogP contribution >= 0.6 is 11.8 Å². The van der Waals surface area contributed by atoms with Crippen LogP contribution in [0.1, 0.15) is 19.2 Å². The molecule has 1 rings (SSSR count). The topological polar surface area (TPSA) is 77.3 Å². The number of carbonyl (C=O) groups excluding carboxylic acids is 1. The number of aryl methyl sites for hydroxylation is 1. The number of carbonyl (C=O) groups is 1. The molecule has 7 heteroatoms. The molecule has 0 bridgehead atoms. The number of hydrogen-bond acceptors (Lipinski definition) is 7. The van der Waals surface area contributed by atoms with Gasteiger partial charge in [0.15, 0.2) is 0 Å². The van der Waals surface area contributed by atoms with E-state index in [0.29, 0.717) is 23.3 Å². The number of rotatable bonds is 7. The van der Waals surface area contributed by atoms with Crippen LogP contribution in [0.3, 0.4) is 0 Å². The van der Waals surface area contributed by atoms with Gasteiger partial charge in [-0.1, -0.05) is 18.7 Å². The van der Waals surface area contributed by atoms with Crippen molar-refractivity contribution >= 4 is 17.7 Å². The van der Waals surface area contributed by atoms with Crippen molar-refractivity contribution in [1.82, 2.24) is 15.5 Å². The lowest BCUT2D eigenvalue weighted by Crippen LogP contribution is -2.37. The van der Waals surface area contributed by atoms with Crippen LogP contribution in [0.2, 0.25) is 0 Å². The second-order valence-corrected chi connectivity index (χ2v) is 4.40. The van der Waals surface area contributed by atoms with Crippen molar-refractivity contribution in [2.75, 3.05) is 19.4 Å². The van der Waals surface area contributed by atoms with E-state index in [4.69, 9.17) is 9.15 Å². The standard InChI is InChI=1S/C10H17N3O3S/c1-4-11-8(9(14)15-3)5-6-17-10-13-12-7(2)16-10/h8,11H,4-6H2,1-3H3. The number of nitrogens with one attached hydrogen (secondary N) is 1. The zero-order valence-corrected chi connectivity index (χ0v) is 11.0. The number of aromatic nitrogens is 2. The number of likely N-dealkylation sites (N-methyl/N-ethyl adjacent to an activating group) is 1. The van der Waals surface area contributed by atoms with Gasteiger partial charge in [0.1, 0.15) is 6.04 Å². The molecule has 0 aliphatic rings. The summed E-state index contributed by atoms with van der Waals surface area (Å²) in [5.74, 6) is 1.02. The van der Waals surface area contributed by atoms with E-state index in [2.05, 4.69) is 15.5 Å². The second-order valence-electron chi connectivity index (χ2n) is 3.36. The fourth-order valence-electron chi connectivity index (χ4n) is 1.29. The van der Waals surface area contributed by atoms with Gasteiger partial charge in [0.05, 0.1) is 7.11 Å². The van der Waals surface area contributed by atoms with E-state index in [9.17, 15) is 4.79 Å². The van der Waals surface area contributed by atoms with Crippen molar-refractivity contribution in [3.63, 3.8) is 0 Å². The maximum Gasteiger partial charge on any atom is 0.322 e. The Hall–Kier alpha value is -1.08. The molecule has 0 fully saturated rings. The van der Waals surface area contributed by atoms with Crippen molar-refractivity contribution in [2.24, 2.45) is 0 Å². The Morgan fingerprint density at radius 1 is 1.59 bits per heavy atom. The zero-order valence-electron chi connectivity index (χ0n) is 10.2. The summed E-state index contributed by atoms with van der Waals surface area (Å²) in [7, 11) is 1.39. The number of hydrogen-bond donors (Lipinski definition) is 1. The van der Waals surface area contributed by atoms with Gasteiger partial charge < -0.3 is 14.5 Å². The van der Waals surface area contributed by atoms with E-state index in [1.807, 2.05) is 6.92 Å². The first kappa shape index (κ1) is 14.0. The third-order valence-corrected chi connectivity index (χ3v) is 2.93. The van der Waals surface area contributed by atoms with Crippen molar-refractivity contribution in [3.8, 4) is 0 Å². The van der Waals surface area contributed by atoms with Crippen molar-refractivity contribution < 1.29 is 13.9 Å². The van der Waals surface area contributed by atoms with Crippen LogP contribution in [-0.2, 0) is 9.53 Å². The Labute approximate surface area is 105 Å². The van der Waals surface area contributed by atoms with Gasteiger partial charge in [-0.15, -0.1) is 10.2 Å². The Bertz CT molecular complexity index is 356. The molecule has 0 saturated heterocycles. The number of methoxy groups -OCH3 is 1. The van der Waals surface area contributed by atoms with Gasteiger partial charge in [-0.25, -0.2) is 0 Å². The monoisotopic (exact) mass is 259 g/mol. The zero-order chi connectivity index (χ0) is 12.7. The lowest BCUT2D eigenvalue weighted by Gasteiger charge is -2.14. The summed E-state index contributed by atoms with van der Waals surface area (Å²) in [5, 5.41) is 11.2. The fraction of sp³-hybridized carbons (Fsp3) is 0.700. The molecule has 1 aromatic rings. The summed E-state index contributed by atoms with van der Waals surface area (Å²) in [6.07, 6.45) is 0.659. The minimum atomic E-state index is -0.276. The summed E-state index contributed by atoms with van der Waals surface area (Å²) in [6.45, 7) is 4.42. The lowest BCUT2D eigenvalue weighted by atomic mass is 10.2. The van der Waals surface area contributed by atoms with Crippen LogP contribution in [0.4, 0.5) is 0 Å². The highest BCUT2D eigenvalue weighted by molar-refractivity contribution is 7.99. The van der Waals surface area contributed by atoms with E-state index >= 15 is 0 Å². The number of ether oxygens (including phenoxy) is 1. The highest BCUT2D eigenvalue weighted by atomic mass is 32.2. The van der Waals surface area contributed by atoms with Crippen LogP contribution in [0.5, 0.6) is 0 Å². The molecule has 0 aromatic carbocycles. The van der Waals surface area contributed by atoms with Crippen LogP contribution in [-0.4, -0.2) is 41.6 Å². The van der Waals surface area contributed by atoms with Crippen molar-refractivity contribution in [3.05, 3.63) is 5.89 Å². The van der Waals surface area contributed by atoms with Crippen molar-refractivity contribution in [1.29, 1.82) is 0 Å². The molecule has 1 N–H and O–H groups in total. The van der Waals surface area contributed by atoms with Gasteiger partial charge in [0.2, 0.25) is 5.89 Å². The molecule has 96 valence electrons. The second kappa shape index (κ2) is 7.29. The molecule has 0 aliphatic heterocycles. The first-order valence-corrected chi connectivity index (χ1v) is 6.40. The van der Waals surface area contributed by atoms with E-state index in [1.165, 1.54) is 18.9 Å². The van der Waals surface area contributed by atoms with Gasteiger partial charge >= 0.3 is 5.97 Å². The SMILES string of the molecule is CCNC(CCSc1nnc(C)o1)C(=O)OC. The van der Waals surface area contributed by atoms with Crippen LogP contribution in [0, 0.1) is 6.92 Å². The van der Waals surface area contributed by atoms with Crippen molar-refractivity contribution in [2.45, 2.75) is 31.5 Å². The van der Waals surface area contributed by atoms with Gasteiger partial charge in [-0.05, 0) is 13.0 Å². The smallest absolute Gasteiger partial charge is 0.322 e. The molecule has 0 amide bonds. The highest BCUT2D eigenvalue weighted by Gasteiger charge is 2.17. The Morgan fingerprint density at radius 3 is 2.88 bits per heavy atom. The summed E-state index contributed by atoms with van der Waals surface area (Å²) >= 11 is 1.44. The molecule has 0 spiro atoms. The molecule has 1 aromatic heterocycles. The van der Waals surface area contributed by atoms with E-state index in [1.54, 1.807) is 6.92 Å². The molecule has 0 saturated carbocycles. The van der Waals surface area contributed by atoms with E-state index in [0.717, 1.165) is 6.54 Å². The minimum absolute atomic E-state index is 0.242. The Balaban J connectivity index is 2.34. The summed E-state index contributed by atoms with van der Waals surface area (Å²) in [5.41, 5.74) is 0. The average Bonchev–Trinajstić information content (AvgIpc) is 2.73. The molecular formula is C10H17N3O3S. The normalized spacial score (nSPS) is 12.4. The molecule has 1 heterocycles. The number of nitrogens with zero attached hydrogens (tertiary/aromatic N) is 2. The predicted molar refractivity (Wildman–Crippen MR) is 63.9 cm³/mol. The number of thioether (sulfide) groups is 1. The molecule has 17 heavy (non-hydrogen) atoms. The van der Waals surface area contributed by atoms with E-state index in [-0.39, 0.29) is 12.0 Å². The Kier molecular flexibility index (Phi) is 5.99. The Morgan fingerprint density at radius 2 is 2.35 bits per heavy atom. The molecule has 6 nitrogen and oxygen atoms in total. The van der Waals surface area contributed by atoms with Gasteiger partial charge in [-0.3, -0.25) is 4.79 Å². The fourth-order valence-corrected chi connectivity index (χ4v) is 2.10. The van der Waals surface area contributed by atoms with Gasteiger partial charge in [-0.2, -0.15) is 0 Å². The van der Waals surface area contributed by atoms with Crippen LogP contribution < -0.4 is 5.32 Å². The third kappa shape index (κ3) is 4.74. The van der Waals surface area contributed by atoms with Crippen LogP contribution in [0.15, 0.2) is 9.64 Å². The summed E-state index contributed by atoms with van der Waals surface area (Å²) in [6, 6.07) is -0.276. The quantitative estimate of drug-likeness (QED) is 0.578. The molecule has 0 aliphatic carbocycles. The minimum Gasteiger partial charge on any atom is -0.468 e. The molecular weight excluding hydrogens is 242 g/mol. The third-order valence-electron chi connectivity index (χ3n) is 2.08. The predicted octanol–water partition coefficient (Wildman–Crippen LogP) is 1.01. The first-order chi connectivity index (χ1) is 8.17. The van der Waals surface area contributed by atoms with Gasteiger partial charge in [0.25, 0.3) is 5.22 Å². The first-order valence-electron chi connectivity index (χ1n) is 5.41. The maximum atomic E-state index is 11.4. The van der Waals surface area contributed by atoms with Crippen LogP contribution in [0.25, 0.3) is 0 Å². The summed E-state index contributed by atoms with van der Waals surface area (Å²) in [4.78, 5) is 11.4. The van der Waals surface area contributed by atoms with Gasteiger partial charge in [0, 0.05) is 12.7 Å². The summed E-state index contributed by atoms with van der Waals surface area (Å²) < 4.78 is 9.93. The number of esters is 1. The lowest BCUT2D eigenvalue weighted by molar-refractivity contribution is -0.143. The molecule has 1 atom stereocenters. The average molecular weight is 259 g/mol. The molecule has 0 radical (unpaired) electrons.